The van der Waals surface area contributed by atoms with Gasteiger partial charge in [-0.15, -0.1) is 11.8 Å². The maximum absolute atomic E-state index is 12.1. The molecule has 2 rings (SSSR count). The number of benzene rings is 2. The summed E-state index contributed by atoms with van der Waals surface area (Å²) in [6, 6.07) is 10.7. The number of nitrogens with one attached hydrogen (secondary N) is 1. The lowest BCUT2D eigenvalue weighted by Crippen LogP contribution is -2.20. The SMILES string of the molecule is CCSc1ccc(Cl)cc1CC(=O)N/N=C\c1c(Cl)cccc1Cl. The monoisotopic (exact) mass is 400 g/mol. The third-order valence-electron chi connectivity index (χ3n) is 3.06. The molecule has 1 amide bonds. The third kappa shape index (κ3) is 5.42. The van der Waals surface area contributed by atoms with E-state index >= 15 is 0 Å². The first-order valence-electron chi connectivity index (χ1n) is 7.18. The third-order valence-corrected chi connectivity index (χ3v) is 4.95. The van der Waals surface area contributed by atoms with Crippen LogP contribution in [0.15, 0.2) is 46.4 Å². The molecule has 0 spiro atoms. The van der Waals surface area contributed by atoms with E-state index in [-0.39, 0.29) is 12.3 Å². The van der Waals surface area contributed by atoms with Gasteiger partial charge in [0.2, 0.25) is 5.91 Å². The molecule has 0 aromatic heterocycles. The molecule has 0 fully saturated rings. The second-order valence-electron chi connectivity index (χ2n) is 4.79. The van der Waals surface area contributed by atoms with E-state index in [1.165, 1.54) is 6.21 Å². The molecular weight excluding hydrogens is 387 g/mol. The van der Waals surface area contributed by atoms with Crippen LogP contribution in [0.5, 0.6) is 0 Å². The summed E-state index contributed by atoms with van der Waals surface area (Å²) >= 11 is 19.8. The van der Waals surface area contributed by atoms with E-state index < -0.39 is 0 Å². The van der Waals surface area contributed by atoms with Crippen LogP contribution >= 0.6 is 46.6 Å². The molecule has 2 aromatic rings. The van der Waals surface area contributed by atoms with E-state index in [1.807, 2.05) is 12.1 Å². The fourth-order valence-electron chi connectivity index (χ4n) is 2.00. The van der Waals surface area contributed by atoms with Crippen LogP contribution in [0.3, 0.4) is 0 Å². The molecule has 24 heavy (non-hydrogen) atoms. The van der Waals surface area contributed by atoms with Crippen LogP contribution in [0, 0.1) is 0 Å². The van der Waals surface area contributed by atoms with Crippen molar-refractivity contribution < 1.29 is 4.79 Å². The van der Waals surface area contributed by atoms with Crippen LogP contribution in [-0.2, 0) is 11.2 Å². The summed E-state index contributed by atoms with van der Waals surface area (Å²) in [4.78, 5) is 13.1. The molecule has 0 aliphatic rings. The lowest BCUT2D eigenvalue weighted by atomic mass is 10.1. The van der Waals surface area contributed by atoms with E-state index in [2.05, 4.69) is 17.5 Å². The zero-order chi connectivity index (χ0) is 17.5. The molecule has 0 aliphatic carbocycles. The first-order chi connectivity index (χ1) is 11.5. The maximum Gasteiger partial charge on any atom is 0.244 e. The Labute approximate surface area is 160 Å². The summed E-state index contributed by atoms with van der Waals surface area (Å²) in [5.74, 6) is 0.675. The predicted octanol–water partition coefficient (Wildman–Crippen LogP) is 5.45. The van der Waals surface area contributed by atoms with Crippen LogP contribution in [0.1, 0.15) is 18.1 Å². The minimum Gasteiger partial charge on any atom is -0.273 e. The number of halogens is 3. The average molecular weight is 402 g/mol. The lowest BCUT2D eigenvalue weighted by Gasteiger charge is -2.08. The molecule has 7 heteroatoms. The second-order valence-corrected chi connectivity index (χ2v) is 7.35. The van der Waals surface area contributed by atoms with E-state index in [9.17, 15) is 4.79 Å². The van der Waals surface area contributed by atoms with Gasteiger partial charge in [-0.2, -0.15) is 5.10 Å². The van der Waals surface area contributed by atoms with Crippen LogP contribution in [-0.4, -0.2) is 17.9 Å². The zero-order valence-corrected chi connectivity index (χ0v) is 15.9. The fraction of sp³-hybridized carbons (Fsp3) is 0.176. The van der Waals surface area contributed by atoms with Crippen molar-refractivity contribution in [2.24, 2.45) is 5.10 Å². The van der Waals surface area contributed by atoms with Crippen molar-refractivity contribution >= 4 is 58.7 Å². The Balaban J connectivity index is 2.04. The summed E-state index contributed by atoms with van der Waals surface area (Å²) in [6.45, 7) is 2.06. The van der Waals surface area contributed by atoms with Gasteiger partial charge < -0.3 is 0 Å². The van der Waals surface area contributed by atoms with Gasteiger partial charge in [-0.25, -0.2) is 5.43 Å². The fourth-order valence-corrected chi connectivity index (χ4v) is 3.48. The van der Waals surface area contributed by atoms with Gasteiger partial charge in [-0.05, 0) is 41.6 Å². The molecule has 0 radical (unpaired) electrons. The quantitative estimate of drug-likeness (QED) is 0.397. The summed E-state index contributed by atoms with van der Waals surface area (Å²) < 4.78 is 0. The number of hydrogen-bond acceptors (Lipinski definition) is 3. The average Bonchev–Trinajstić information content (AvgIpc) is 2.53. The number of thioether (sulfide) groups is 1. The molecule has 0 aliphatic heterocycles. The minimum absolute atomic E-state index is 0.191. The minimum atomic E-state index is -0.241. The highest BCUT2D eigenvalue weighted by molar-refractivity contribution is 7.99. The van der Waals surface area contributed by atoms with Crippen molar-refractivity contribution in [2.75, 3.05) is 5.75 Å². The summed E-state index contributed by atoms with van der Waals surface area (Å²) in [5, 5.41) is 5.46. The molecule has 3 nitrogen and oxygen atoms in total. The van der Waals surface area contributed by atoms with Gasteiger partial charge in [0.25, 0.3) is 0 Å². The van der Waals surface area contributed by atoms with Crippen molar-refractivity contribution in [3.8, 4) is 0 Å². The van der Waals surface area contributed by atoms with Crippen LogP contribution in [0.4, 0.5) is 0 Å². The highest BCUT2D eigenvalue weighted by Crippen LogP contribution is 2.26. The highest BCUT2D eigenvalue weighted by atomic mass is 35.5. The predicted molar refractivity (Wildman–Crippen MR) is 104 cm³/mol. The summed E-state index contributed by atoms with van der Waals surface area (Å²) in [6.07, 6.45) is 1.62. The number of hydrogen-bond donors (Lipinski definition) is 1. The highest BCUT2D eigenvalue weighted by Gasteiger charge is 2.09. The van der Waals surface area contributed by atoms with E-state index in [0.717, 1.165) is 16.2 Å². The van der Waals surface area contributed by atoms with Crippen molar-refractivity contribution in [2.45, 2.75) is 18.2 Å². The Kier molecular flexibility index (Phi) is 7.43. The van der Waals surface area contributed by atoms with Gasteiger partial charge in [0.15, 0.2) is 0 Å². The number of amides is 1. The molecular formula is C17H15Cl3N2OS. The molecule has 0 saturated heterocycles. The first kappa shape index (κ1) is 19.1. The Hall–Kier alpha value is -1.20. The Morgan fingerprint density at radius 2 is 1.92 bits per heavy atom. The van der Waals surface area contributed by atoms with Gasteiger partial charge in [0, 0.05) is 15.5 Å². The number of nitrogens with zero attached hydrogens (tertiary/aromatic N) is 1. The molecule has 0 bridgehead atoms. The van der Waals surface area contributed by atoms with Crippen molar-refractivity contribution in [3.05, 3.63) is 62.6 Å². The molecule has 0 saturated carbocycles. The van der Waals surface area contributed by atoms with Gasteiger partial charge in [0.1, 0.15) is 0 Å². The van der Waals surface area contributed by atoms with Crippen molar-refractivity contribution in [1.82, 2.24) is 5.43 Å². The molecule has 126 valence electrons. The molecule has 0 unspecified atom stereocenters. The van der Waals surface area contributed by atoms with Gasteiger partial charge >= 0.3 is 0 Å². The zero-order valence-electron chi connectivity index (χ0n) is 12.9. The summed E-state index contributed by atoms with van der Waals surface area (Å²) in [7, 11) is 0. The number of hydrazone groups is 1. The smallest absolute Gasteiger partial charge is 0.244 e. The van der Waals surface area contributed by atoms with Crippen LogP contribution < -0.4 is 5.43 Å². The van der Waals surface area contributed by atoms with Crippen LogP contribution in [0.25, 0.3) is 0 Å². The molecule has 1 N–H and O–H groups in total. The van der Waals surface area contributed by atoms with E-state index in [0.29, 0.717) is 20.6 Å². The number of carbonyl (C=O) groups excluding carboxylic acids is 1. The Morgan fingerprint density at radius 3 is 2.58 bits per heavy atom. The largest absolute Gasteiger partial charge is 0.273 e. The number of rotatable bonds is 6. The van der Waals surface area contributed by atoms with Crippen LogP contribution in [0.2, 0.25) is 15.1 Å². The molecule has 2 aromatic carbocycles. The van der Waals surface area contributed by atoms with E-state index in [4.69, 9.17) is 34.8 Å². The Morgan fingerprint density at radius 1 is 1.21 bits per heavy atom. The van der Waals surface area contributed by atoms with Gasteiger partial charge in [-0.3, -0.25) is 4.79 Å². The Bertz CT molecular complexity index is 745. The topological polar surface area (TPSA) is 41.5 Å². The summed E-state index contributed by atoms with van der Waals surface area (Å²) in [5.41, 5.74) is 3.92. The van der Waals surface area contributed by atoms with Gasteiger partial charge in [-0.1, -0.05) is 47.8 Å². The lowest BCUT2D eigenvalue weighted by molar-refractivity contribution is -0.120. The standard InChI is InChI=1S/C17H15Cl3N2OS/c1-2-24-16-7-6-12(18)8-11(16)9-17(23)22-21-10-13-14(19)4-3-5-15(13)20/h3-8,10H,2,9H2,1H3,(H,22,23)/b21-10-. The number of carbonyl (C=O) groups is 1. The maximum atomic E-state index is 12.1. The van der Waals surface area contributed by atoms with E-state index in [1.54, 1.807) is 36.0 Å². The first-order valence-corrected chi connectivity index (χ1v) is 9.30. The normalized spacial score (nSPS) is 11.0. The van der Waals surface area contributed by atoms with Gasteiger partial charge in [0.05, 0.1) is 22.7 Å². The second kappa shape index (κ2) is 9.33. The molecule has 0 heterocycles. The molecule has 0 atom stereocenters. The van der Waals surface area contributed by atoms with Crippen molar-refractivity contribution in [1.29, 1.82) is 0 Å². The van der Waals surface area contributed by atoms with Crippen molar-refractivity contribution in [3.63, 3.8) is 0 Å².